The maximum Gasteiger partial charge on any atom is 0.272 e. The molecule has 0 bridgehead atoms. The van der Waals surface area contributed by atoms with Gasteiger partial charge in [0.2, 0.25) is 0 Å². The van der Waals surface area contributed by atoms with Crippen LogP contribution in [0, 0.1) is 0 Å². The molecule has 0 fully saturated rings. The van der Waals surface area contributed by atoms with Crippen molar-refractivity contribution < 1.29 is 4.79 Å². The highest BCUT2D eigenvalue weighted by Crippen LogP contribution is 2.22. The molecule has 3 rings (SSSR count). The normalized spacial score (nSPS) is 10.7. The first kappa shape index (κ1) is 13.6. The van der Waals surface area contributed by atoms with Gasteiger partial charge in [-0.25, -0.2) is 0 Å². The molecule has 5 heteroatoms. The SMILES string of the molecule is CSc1ccc(NC(=O)c2cc3cccc(N)c3[nH]2)cc1. The van der Waals surface area contributed by atoms with Crippen molar-refractivity contribution in [3.8, 4) is 0 Å². The maximum atomic E-state index is 12.3. The van der Waals surface area contributed by atoms with Crippen LogP contribution in [0.25, 0.3) is 10.9 Å². The van der Waals surface area contributed by atoms with E-state index in [1.807, 2.05) is 48.7 Å². The molecule has 0 spiro atoms. The standard InChI is InChI=1S/C16H15N3OS/c1-21-12-7-5-11(6-8-12)18-16(20)14-9-10-3-2-4-13(17)15(10)19-14/h2-9,19H,17H2,1H3,(H,18,20). The van der Waals surface area contributed by atoms with Crippen molar-refractivity contribution in [2.75, 3.05) is 17.3 Å². The third kappa shape index (κ3) is 2.73. The zero-order chi connectivity index (χ0) is 14.8. The van der Waals surface area contributed by atoms with Crippen molar-refractivity contribution in [3.63, 3.8) is 0 Å². The molecule has 0 atom stereocenters. The van der Waals surface area contributed by atoms with Gasteiger partial charge in [-0.2, -0.15) is 0 Å². The third-order valence-corrected chi connectivity index (χ3v) is 4.02. The molecule has 0 unspecified atom stereocenters. The Morgan fingerprint density at radius 3 is 2.62 bits per heavy atom. The maximum absolute atomic E-state index is 12.3. The Hall–Kier alpha value is -2.40. The summed E-state index contributed by atoms with van der Waals surface area (Å²) >= 11 is 1.66. The van der Waals surface area contributed by atoms with Gasteiger partial charge < -0.3 is 16.0 Å². The molecule has 0 aliphatic carbocycles. The fraction of sp³-hybridized carbons (Fsp3) is 0.0625. The predicted molar refractivity (Wildman–Crippen MR) is 88.9 cm³/mol. The number of anilines is 2. The van der Waals surface area contributed by atoms with Crippen LogP contribution in [0.5, 0.6) is 0 Å². The molecule has 1 aromatic heterocycles. The number of benzene rings is 2. The van der Waals surface area contributed by atoms with Crippen molar-refractivity contribution >= 4 is 39.9 Å². The van der Waals surface area contributed by atoms with E-state index < -0.39 is 0 Å². The quantitative estimate of drug-likeness (QED) is 0.509. The zero-order valence-electron chi connectivity index (χ0n) is 11.5. The van der Waals surface area contributed by atoms with Gasteiger partial charge in [0.15, 0.2) is 0 Å². The van der Waals surface area contributed by atoms with Crippen LogP contribution in [0.2, 0.25) is 0 Å². The summed E-state index contributed by atoms with van der Waals surface area (Å²) in [6, 6.07) is 15.1. The number of rotatable bonds is 3. The summed E-state index contributed by atoms with van der Waals surface area (Å²) in [7, 11) is 0. The number of amides is 1. The number of para-hydroxylation sites is 1. The first-order valence-electron chi connectivity index (χ1n) is 6.50. The van der Waals surface area contributed by atoms with Crippen molar-refractivity contribution in [3.05, 3.63) is 54.2 Å². The minimum atomic E-state index is -0.178. The van der Waals surface area contributed by atoms with Crippen LogP contribution in [-0.4, -0.2) is 17.1 Å². The lowest BCUT2D eigenvalue weighted by Gasteiger charge is -2.04. The van der Waals surface area contributed by atoms with Crippen molar-refractivity contribution in [2.45, 2.75) is 4.90 Å². The molecule has 0 saturated carbocycles. The average Bonchev–Trinajstić information content (AvgIpc) is 2.94. The highest BCUT2D eigenvalue weighted by atomic mass is 32.2. The van der Waals surface area contributed by atoms with E-state index in [1.54, 1.807) is 17.8 Å². The van der Waals surface area contributed by atoms with Gasteiger partial charge in [-0.1, -0.05) is 12.1 Å². The predicted octanol–water partition coefficient (Wildman–Crippen LogP) is 3.72. The lowest BCUT2D eigenvalue weighted by molar-refractivity contribution is 0.102. The van der Waals surface area contributed by atoms with Crippen LogP contribution in [0.4, 0.5) is 11.4 Å². The minimum absolute atomic E-state index is 0.178. The van der Waals surface area contributed by atoms with Crippen molar-refractivity contribution in [2.24, 2.45) is 0 Å². The summed E-state index contributed by atoms with van der Waals surface area (Å²) < 4.78 is 0. The first-order valence-corrected chi connectivity index (χ1v) is 7.72. The molecule has 1 heterocycles. The third-order valence-electron chi connectivity index (χ3n) is 3.28. The Kier molecular flexibility index (Phi) is 3.58. The molecule has 0 radical (unpaired) electrons. The van der Waals surface area contributed by atoms with E-state index in [0.717, 1.165) is 21.5 Å². The van der Waals surface area contributed by atoms with Gasteiger partial charge in [0.1, 0.15) is 5.69 Å². The molecule has 4 N–H and O–H groups in total. The lowest BCUT2D eigenvalue weighted by atomic mass is 10.2. The molecule has 106 valence electrons. The van der Waals surface area contributed by atoms with E-state index in [2.05, 4.69) is 10.3 Å². The number of carbonyl (C=O) groups excluding carboxylic acids is 1. The number of hydrogen-bond acceptors (Lipinski definition) is 3. The largest absolute Gasteiger partial charge is 0.397 e. The molecular formula is C16H15N3OS. The Labute approximate surface area is 126 Å². The van der Waals surface area contributed by atoms with Gasteiger partial charge in [-0.15, -0.1) is 11.8 Å². The Morgan fingerprint density at radius 1 is 1.19 bits per heavy atom. The second kappa shape index (κ2) is 5.54. The number of H-pyrrole nitrogens is 1. The minimum Gasteiger partial charge on any atom is -0.397 e. The molecular weight excluding hydrogens is 282 g/mol. The number of carbonyl (C=O) groups is 1. The van der Waals surface area contributed by atoms with E-state index in [9.17, 15) is 4.79 Å². The number of nitrogen functional groups attached to an aromatic ring is 1. The van der Waals surface area contributed by atoms with Gasteiger partial charge in [-0.3, -0.25) is 4.79 Å². The van der Waals surface area contributed by atoms with E-state index in [-0.39, 0.29) is 5.91 Å². The Balaban J connectivity index is 1.84. The van der Waals surface area contributed by atoms with Gasteiger partial charge in [0.05, 0.1) is 11.2 Å². The molecule has 0 saturated heterocycles. The molecule has 3 aromatic rings. The van der Waals surface area contributed by atoms with E-state index in [0.29, 0.717) is 11.4 Å². The number of thioether (sulfide) groups is 1. The van der Waals surface area contributed by atoms with Crippen LogP contribution in [0.3, 0.4) is 0 Å². The summed E-state index contributed by atoms with van der Waals surface area (Å²) in [4.78, 5) is 16.5. The first-order chi connectivity index (χ1) is 10.2. The average molecular weight is 297 g/mol. The summed E-state index contributed by atoms with van der Waals surface area (Å²) in [5.74, 6) is -0.178. The molecule has 21 heavy (non-hydrogen) atoms. The summed E-state index contributed by atoms with van der Waals surface area (Å²) in [5, 5.41) is 3.80. The number of hydrogen-bond donors (Lipinski definition) is 3. The summed E-state index contributed by atoms with van der Waals surface area (Å²) in [6.07, 6.45) is 2.02. The van der Waals surface area contributed by atoms with Gasteiger partial charge >= 0.3 is 0 Å². The number of fused-ring (bicyclic) bond motifs is 1. The van der Waals surface area contributed by atoms with E-state index >= 15 is 0 Å². The number of nitrogens with two attached hydrogens (primary N) is 1. The molecule has 2 aromatic carbocycles. The zero-order valence-corrected chi connectivity index (χ0v) is 12.3. The lowest BCUT2D eigenvalue weighted by Crippen LogP contribution is -2.12. The van der Waals surface area contributed by atoms with Gasteiger partial charge in [0, 0.05) is 16.0 Å². The monoisotopic (exact) mass is 297 g/mol. The number of aromatic nitrogens is 1. The second-order valence-electron chi connectivity index (χ2n) is 4.68. The van der Waals surface area contributed by atoms with Crippen LogP contribution in [0.15, 0.2) is 53.4 Å². The van der Waals surface area contributed by atoms with Crippen molar-refractivity contribution in [1.82, 2.24) is 4.98 Å². The number of nitrogens with one attached hydrogen (secondary N) is 2. The summed E-state index contributed by atoms with van der Waals surface area (Å²) in [5.41, 5.74) is 8.58. The highest BCUT2D eigenvalue weighted by molar-refractivity contribution is 7.98. The summed E-state index contributed by atoms with van der Waals surface area (Å²) in [6.45, 7) is 0. The van der Waals surface area contributed by atoms with E-state index in [1.165, 1.54) is 0 Å². The van der Waals surface area contributed by atoms with Crippen LogP contribution >= 0.6 is 11.8 Å². The highest BCUT2D eigenvalue weighted by Gasteiger charge is 2.11. The Bertz CT molecular complexity index is 793. The van der Waals surface area contributed by atoms with Crippen LogP contribution in [-0.2, 0) is 0 Å². The van der Waals surface area contributed by atoms with Crippen molar-refractivity contribution in [1.29, 1.82) is 0 Å². The van der Waals surface area contributed by atoms with Crippen LogP contribution in [0.1, 0.15) is 10.5 Å². The Morgan fingerprint density at radius 2 is 1.95 bits per heavy atom. The molecule has 0 aliphatic rings. The van der Waals surface area contributed by atoms with Gasteiger partial charge in [0.25, 0.3) is 5.91 Å². The number of aromatic amines is 1. The van der Waals surface area contributed by atoms with Crippen LogP contribution < -0.4 is 11.1 Å². The fourth-order valence-corrected chi connectivity index (χ4v) is 2.58. The fourth-order valence-electron chi connectivity index (χ4n) is 2.17. The second-order valence-corrected chi connectivity index (χ2v) is 5.56. The molecule has 4 nitrogen and oxygen atoms in total. The topological polar surface area (TPSA) is 70.9 Å². The van der Waals surface area contributed by atoms with Gasteiger partial charge in [-0.05, 0) is 42.7 Å². The smallest absolute Gasteiger partial charge is 0.272 e. The molecule has 0 aliphatic heterocycles. The van der Waals surface area contributed by atoms with E-state index in [4.69, 9.17) is 5.73 Å². The molecule has 1 amide bonds.